The van der Waals surface area contributed by atoms with E-state index in [1.54, 1.807) is 0 Å². The minimum atomic E-state index is -0.868. The second-order valence-corrected chi connectivity index (χ2v) is 5.41. The number of unbranched alkanes of at least 4 members (excludes halogenated alkanes) is 2. The predicted molar refractivity (Wildman–Crippen MR) is 82.3 cm³/mol. The maximum Gasteiger partial charge on any atom is 0.307 e. The van der Waals surface area contributed by atoms with Crippen LogP contribution in [0.25, 0.3) is 0 Å². The topological polar surface area (TPSA) is 116 Å². The number of hydrogen-bond acceptors (Lipinski definition) is 5. The summed E-state index contributed by atoms with van der Waals surface area (Å²) in [6, 6.07) is 11.8. The number of nitriles is 1. The van der Waals surface area contributed by atoms with Gasteiger partial charge in [0.1, 0.15) is 0 Å². The van der Waals surface area contributed by atoms with Gasteiger partial charge in [-0.25, -0.2) is 0 Å². The van der Waals surface area contributed by atoms with Crippen LogP contribution in [0.1, 0.15) is 43.0 Å². The average Bonchev–Trinajstić information content (AvgIpc) is 3.08. The zero-order valence-corrected chi connectivity index (χ0v) is 12.7. The van der Waals surface area contributed by atoms with E-state index in [0.717, 1.165) is 5.56 Å². The van der Waals surface area contributed by atoms with E-state index in [2.05, 4.69) is 26.7 Å². The van der Waals surface area contributed by atoms with Crippen LogP contribution in [-0.2, 0) is 11.2 Å². The second-order valence-electron chi connectivity index (χ2n) is 5.41. The molecule has 0 aliphatic heterocycles. The van der Waals surface area contributed by atoms with Crippen molar-refractivity contribution in [2.45, 2.75) is 38.0 Å². The van der Waals surface area contributed by atoms with Gasteiger partial charge in [0.05, 0.1) is 12.0 Å². The third kappa shape index (κ3) is 4.88. The number of benzene rings is 1. The largest absolute Gasteiger partial charge is 0.481 e. The summed E-state index contributed by atoms with van der Waals surface area (Å²) in [5.41, 5.74) is 1.03. The minimum Gasteiger partial charge on any atom is -0.481 e. The van der Waals surface area contributed by atoms with Gasteiger partial charge < -0.3 is 5.11 Å². The number of carboxylic acid groups (broad SMARTS) is 1. The maximum absolute atomic E-state index is 11.7. The first-order valence-electron chi connectivity index (χ1n) is 7.59. The molecule has 0 amide bonds. The van der Waals surface area contributed by atoms with Gasteiger partial charge in [0.2, 0.25) is 0 Å². The highest BCUT2D eigenvalue weighted by Crippen LogP contribution is 2.30. The molecule has 2 rings (SSSR count). The third-order valence-corrected chi connectivity index (χ3v) is 3.85. The van der Waals surface area contributed by atoms with E-state index in [1.165, 1.54) is 0 Å². The number of rotatable bonds is 9. The molecule has 1 aromatic carbocycles. The lowest BCUT2D eigenvalue weighted by atomic mass is 9.83. The highest BCUT2D eigenvalue weighted by molar-refractivity contribution is 5.71. The van der Waals surface area contributed by atoms with E-state index in [-0.39, 0.29) is 5.92 Å². The fourth-order valence-electron chi connectivity index (χ4n) is 2.67. The second kappa shape index (κ2) is 8.63. The molecule has 7 heteroatoms. The highest BCUT2D eigenvalue weighted by Gasteiger charge is 2.32. The molecular formula is C16H19N5O2. The van der Waals surface area contributed by atoms with Gasteiger partial charge in [-0.15, -0.1) is 10.2 Å². The number of carbonyl (C=O) groups is 1. The van der Waals surface area contributed by atoms with Crippen molar-refractivity contribution < 1.29 is 9.90 Å². The number of nitrogens with zero attached hydrogens (tertiary/aromatic N) is 4. The summed E-state index contributed by atoms with van der Waals surface area (Å²) in [6.45, 7) is 0. The first-order valence-corrected chi connectivity index (χ1v) is 7.59. The maximum atomic E-state index is 11.7. The first kappa shape index (κ1) is 16.6. The molecule has 1 heterocycles. The summed E-state index contributed by atoms with van der Waals surface area (Å²) < 4.78 is 0. The van der Waals surface area contributed by atoms with Crippen molar-refractivity contribution in [1.29, 1.82) is 5.26 Å². The Morgan fingerprint density at radius 2 is 2.09 bits per heavy atom. The Morgan fingerprint density at radius 1 is 1.30 bits per heavy atom. The van der Waals surface area contributed by atoms with E-state index < -0.39 is 11.9 Å². The van der Waals surface area contributed by atoms with Crippen LogP contribution in [-0.4, -0.2) is 31.7 Å². The molecule has 120 valence electrons. The van der Waals surface area contributed by atoms with Gasteiger partial charge in [0.15, 0.2) is 5.82 Å². The SMILES string of the molecule is N#CCCCC[C@H](C(=O)O)[C@H](Cc1ccccc1)c1nn[nH]n1. The van der Waals surface area contributed by atoms with Crippen LogP contribution >= 0.6 is 0 Å². The molecule has 0 saturated heterocycles. The van der Waals surface area contributed by atoms with Crippen molar-refractivity contribution in [3.05, 3.63) is 41.7 Å². The number of nitrogens with one attached hydrogen (secondary N) is 1. The number of carboxylic acids is 1. The Morgan fingerprint density at radius 3 is 2.70 bits per heavy atom. The normalized spacial score (nSPS) is 13.2. The molecule has 0 unspecified atom stereocenters. The van der Waals surface area contributed by atoms with Crippen molar-refractivity contribution in [3.8, 4) is 6.07 Å². The molecule has 2 aromatic rings. The van der Waals surface area contributed by atoms with Crippen LogP contribution in [0.2, 0.25) is 0 Å². The van der Waals surface area contributed by atoms with Gasteiger partial charge >= 0.3 is 5.97 Å². The van der Waals surface area contributed by atoms with Crippen LogP contribution in [0, 0.1) is 17.2 Å². The molecular weight excluding hydrogens is 294 g/mol. The summed E-state index contributed by atoms with van der Waals surface area (Å²) in [7, 11) is 0. The van der Waals surface area contributed by atoms with E-state index in [9.17, 15) is 9.90 Å². The number of aliphatic carboxylic acids is 1. The van der Waals surface area contributed by atoms with Crippen LogP contribution in [0.3, 0.4) is 0 Å². The van der Waals surface area contributed by atoms with E-state index in [1.807, 2.05) is 30.3 Å². The fraction of sp³-hybridized carbons (Fsp3) is 0.438. The molecule has 0 aliphatic rings. The van der Waals surface area contributed by atoms with E-state index in [4.69, 9.17) is 5.26 Å². The molecule has 23 heavy (non-hydrogen) atoms. The Kier molecular flexibility index (Phi) is 6.24. The molecule has 0 spiro atoms. The smallest absolute Gasteiger partial charge is 0.307 e. The van der Waals surface area contributed by atoms with Gasteiger partial charge in [0, 0.05) is 12.3 Å². The highest BCUT2D eigenvalue weighted by atomic mass is 16.4. The Bertz CT molecular complexity index is 636. The van der Waals surface area contributed by atoms with E-state index >= 15 is 0 Å². The van der Waals surface area contributed by atoms with Crippen LogP contribution in [0.15, 0.2) is 30.3 Å². The molecule has 0 fully saturated rings. The molecule has 7 nitrogen and oxygen atoms in total. The third-order valence-electron chi connectivity index (χ3n) is 3.85. The molecule has 2 atom stereocenters. The number of aromatic nitrogens is 4. The zero-order valence-electron chi connectivity index (χ0n) is 12.7. The molecule has 2 N–H and O–H groups in total. The predicted octanol–water partition coefficient (Wildman–Crippen LogP) is 2.31. The molecule has 0 radical (unpaired) electrons. The van der Waals surface area contributed by atoms with Crippen LogP contribution in [0.4, 0.5) is 0 Å². The molecule has 0 saturated carbocycles. The van der Waals surface area contributed by atoms with Crippen molar-refractivity contribution in [2.75, 3.05) is 0 Å². The Hall–Kier alpha value is -2.75. The van der Waals surface area contributed by atoms with Crippen LogP contribution < -0.4 is 0 Å². The first-order chi connectivity index (χ1) is 11.2. The van der Waals surface area contributed by atoms with Crippen molar-refractivity contribution in [2.24, 2.45) is 5.92 Å². The fourth-order valence-corrected chi connectivity index (χ4v) is 2.67. The van der Waals surface area contributed by atoms with Crippen molar-refractivity contribution in [3.63, 3.8) is 0 Å². The minimum absolute atomic E-state index is 0.351. The number of hydrogen-bond donors (Lipinski definition) is 2. The quantitative estimate of drug-likeness (QED) is 0.686. The summed E-state index contributed by atoms with van der Waals surface area (Å²) in [5, 5.41) is 32.2. The molecule has 0 bridgehead atoms. The van der Waals surface area contributed by atoms with Gasteiger partial charge in [-0.05, 0) is 24.8 Å². The van der Waals surface area contributed by atoms with Crippen LogP contribution in [0.5, 0.6) is 0 Å². The van der Waals surface area contributed by atoms with Gasteiger partial charge in [0.25, 0.3) is 0 Å². The Balaban J connectivity index is 2.16. The lowest BCUT2D eigenvalue weighted by molar-refractivity contribution is -0.143. The number of H-pyrrole nitrogens is 1. The standard InChI is InChI=1S/C16H19N5O2/c17-10-6-2-5-9-13(16(22)23)14(15-18-20-21-19-15)11-12-7-3-1-4-8-12/h1,3-4,7-8,13-14H,2,5-6,9,11H2,(H,22,23)(H,18,19,20,21)/t13-,14-/m0/s1. The Labute approximate surface area is 134 Å². The summed E-state index contributed by atoms with van der Waals surface area (Å²) in [4.78, 5) is 11.7. The monoisotopic (exact) mass is 313 g/mol. The summed E-state index contributed by atoms with van der Waals surface area (Å²) in [6.07, 6.45) is 2.86. The zero-order chi connectivity index (χ0) is 16.5. The summed E-state index contributed by atoms with van der Waals surface area (Å²) in [5.74, 6) is -1.41. The van der Waals surface area contributed by atoms with Crippen molar-refractivity contribution >= 4 is 5.97 Å². The number of tetrazole rings is 1. The van der Waals surface area contributed by atoms with Gasteiger partial charge in [-0.1, -0.05) is 42.0 Å². The number of aromatic amines is 1. The lowest BCUT2D eigenvalue weighted by Gasteiger charge is -2.21. The lowest BCUT2D eigenvalue weighted by Crippen LogP contribution is -2.25. The average molecular weight is 313 g/mol. The molecule has 1 aromatic heterocycles. The van der Waals surface area contributed by atoms with E-state index in [0.29, 0.717) is 37.9 Å². The van der Waals surface area contributed by atoms with Gasteiger partial charge in [-0.3, -0.25) is 4.79 Å². The van der Waals surface area contributed by atoms with Gasteiger partial charge in [-0.2, -0.15) is 10.5 Å². The summed E-state index contributed by atoms with van der Waals surface area (Å²) >= 11 is 0. The van der Waals surface area contributed by atoms with Crippen molar-refractivity contribution in [1.82, 2.24) is 20.6 Å². The molecule has 0 aliphatic carbocycles.